The minimum Gasteiger partial charge on any atom is -0.481 e. The highest BCUT2D eigenvalue weighted by molar-refractivity contribution is 7.17. The molecule has 1 aromatic heterocycles. The molecule has 0 bridgehead atoms. The summed E-state index contributed by atoms with van der Waals surface area (Å²) >= 11 is 1.13. The van der Waals surface area contributed by atoms with Gasteiger partial charge in [-0.2, -0.15) is 0 Å². The molecule has 0 saturated carbocycles. The summed E-state index contributed by atoms with van der Waals surface area (Å²) in [4.78, 5) is 33.7. The molecule has 0 fully saturated rings. The molecule has 4 N–H and O–H groups in total. The Bertz CT molecular complexity index is 575. The zero-order chi connectivity index (χ0) is 15.8. The second-order valence-electron chi connectivity index (χ2n) is 4.02. The lowest BCUT2D eigenvalue weighted by molar-refractivity contribution is -0.140. The topological polar surface area (TPSA) is 116 Å². The van der Waals surface area contributed by atoms with Crippen molar-refractivity contribution in [3.63, 3.8) is 0 Å². The first-order valence-electron chi connectivity index (χ1n) is 5.96. The standard InChI is InChI=1S/C13H14N2O5S/c1-2-7-14-10-5-4-9(21-10)12(18)15-8(13(19)20)3-6-11(16)17/h1,4-5,8,14H,3,6-7H2,(H,15,18)(H,16,17)(H,19,20)/t8-/m0/s1. The van der Waals surface area contributed by atoms with Crippen LogP contribution in [0.4, 0.5) is 5.00 Å². The SMILES string of the molecule is C#CCNc1ccc(C(=O)N[C@@H](CCC(=O)O)C(=O)O)s1. The summed E-state index contributed by atoms with van der Waals surface area (Å²) in [5.41, 5.74) is 0. The second kappa shape index (κ2) is 7.91. The minimum atomic E-state index is -1.27. The van der Waals surface area contributed by atoms with Gasteiger partial charge < -0.3 is 20.8 Å². The lowest BCUT2D eigenvalue weighted by atomic mass is 10.1. The number of terminal acetylenes is 1. The Kier molecular flexibility index (Phi) is 6.23. The van der Waals surface area contributed by atoms with Crippen LogP contribution in [-0.2, 0) is 9.59 Å². The van der Waals surface area contributed by atoms with Gasteiger partial charge in [-0.25, -0.2) is 4.79 Å². The number of nitrogens with one attached hydrogen (secondary N) is 2. The van der Waals surface area contributed by atoms with Gasteiger partial charge in [0.25, 0.3) is 5.91 Å². The van der Waals surface area contributed by atoms with Crippen molar-refractivity contribution >= 4 is 34.2 Å². The molecule has 112 valence electrons. The molecule has 1 aromatic rings. The molecular formula is C13H14N2O5S. The van der Waals surface area contributed by atoms with Gasteiger partial charge in [0.1, 0.15) is 6.04 Å². The first-order chi connectivity index (χ1) is 9.93. The third-order valence-corrected chi connectivity index (χ3v) is 3.49. The molecule has 0 aliphatic carbocycles. The third-order valence-electron chi connectivity index (χ3n) is 2.44. The zero-order valence-electron chi connectivity index (χ0n) is 11.0. The number of thiophene rings is 1. The summed E-state index contributed by atoms with van der Waals surface area (Å²) < 4.78 is 0. The molecule has 0 saturated heterocycles. The number of carbonyl (C=O) groups excluding carboxylic acids is 1. The zero-order valence-corrected chi connectivity index (χ0v) is 11.8. The summed E-state index contributed by atoms with van der Waals surface area (Å²) in [6.07, 6.45) is 4.59. The predicted octanol–water partition coefficient (Wildman–Crippen LogP) is 0.841. The molecule has 21 heavy (non-hydrogen) atoms. The molecule has 0 aromatic carbocycles. The van der Waals surface area contributed by atoms with Crippen LogP contribution >= 0.6 is 11.3 Å². The quantitative estimate of drug-likeness (QED) is 0.529. The maximum Gasteiger partial charge on any atom is 0.326 e. The number of aliphatic carboxylic acids is 2. The highest BCUT2D eigenvalue weighted by Crippen LogP contribution is 2.21. The van der Waals surface area contributed by atoms with E-state index in [1.165, 1.54) is 6.07 Å². The number of carbonyl (C=O) groups is 3. The van der Waals surface area contributed by atoms with Crippen LogP contribution in [0.3, 0.4) is 0 Å². The van der Waals surface area contributed by atoms with Crippen molar-refractivity contribution in [1.82, 2.24) is 5.32 Å². The summed E-state index contributed by atoms with van der Waals surface area (Å²) in [5.74, 6) is -0.562. The van der Waals surface area contributed by atoms with E-state index in [0.717, 1.165) is 11.3 Å². The van der Waals surface area contributed by atoms with Crippen LogP contribution in [0.5, 0.6) is 0 Å². The molecule has 0 unspecified atom stereocenters. The Morgan fingerprint density at radius 2 is 2.05 bits per heavy atom. The number of anilines is 1. The molecule has 8 heteroatoms. The third kappa shape index (κ3) is 5.54. The van der Waals surface area contributed by atoms with Gasteiger partial charge in [0.15, 0.2) is 0 Å². The molecule has 1 rings (SSSR count). The first-order valence-corrected chi connectivity index (χ1v) is 6.78. The van der Waals surface area contributed by atoms with E-state index in [1.807, 2.05) is 0 Å². The number of hydrogen-bond acceptors (Lipinski definition) is 5. The Hall–Kier alpha value is -2.53. The van der Waals surface area contributed by atoms with Gasteiger partial charge in [-0.15, -0.1) is 17.8 Å². The van der Waals surface area contributed by atoms with Crippen molar-refractivity contribution in [3.05, 3.63) is 17.0 Å². The van der Waals surface area contributed by atoms with Crippen molar-refractivity contribution < 1.29 is 24.6 Å². The van der Waals surface area contributed by atoms with E-state index in [-0.39, 0.29) is 12.8 Å². The summed E-state index contributed by atoms with van der Waals surface area (Å²) in [6, 6.07) is 1.96. The second-order valence-corrected chi connectivity index (χ2v) is 5.10. The predicted molar refractivity (Wildman–Crippen MR) is 77.4 cm³/mol. The van der Waals surface area contributed by atoms with E-state index in [4.69, 9.17) is 16.6 Å². The highest BCUT2D eigenvalue weighted by atomic mass is 32.1. The summed E-state index contributed by atoms with van der Waals surface area (Å²) in [5, 5.41) is 23.4. The molecule has 0 aliphatic heterocycles. The van der Waals surface area contributed by atoms with Gasteiger partial charge in [-0.3, -0.25) is 9.59 Å². The van der Waals surface area contributed by atoms with Crippen LogP contribution in [0.2, 0.25) is 0 Å². The van der Waals surface area contributed by atoms with Crippen molar-refractivity contribution in [2.24, 2.45) is 0 Å². The number of rotatable bonds is 8. The molecule has 1 heterocycles. The first kappa shape index (κ1) is 16.5. The van der Waals surface area contributed by atoms with E-state index >= 15 is 0 Å². The molecule has 0 radical (unpaired) electrons. The lowest BCUT2D eigenvalue weighted by Crippen LogP contribution is -2.40. The normalized spacial score (nSPS) is 11.2. The van der Waals surface area contributed by atoms with Crippen LogP contribution in [0.15, 0.2) is 12.1 Å². The highest BCUT2D eigenvalue weighted by Gasteiger charge is 2.22. The molecule has 0 aliphatic rings. The molecule has 0 spiro atoms. The van der Waals surface area contributed by atoms with Gasteiger partial charge in [0, 0.05) is 6.42 Å². The smallest absolute Gasteiger partial charge is 0.326 e. The molecule has 7 nitrogen and oxygen atoms in total. The van der Waals surface area contributed by atoms with E-state index in [1.54, 1.807) is 6.07 Å². The molecular weight excluding hydrogens is 296 g/mol. The fourth-order valence-corrected chi connectivity index (χ4v) is 2.25. The maximum atomic E-state index is 11.9. The number of amides is 1. The number of hydrogen-bond donors (Lipinski definition) is 4. The van der Waals surface area contributed by atoms with E-state index in [0.29, 0.717) is 16.4 Å². The van der Waals surface area contributed by atoms with Crippen LogP contribution < -0.4 is 10.6 Å². The Morgan fingerprint density at radius 3 is 2.62 bits per heavy atom. The monoisotopic (exact) mass is 310 g/mol. The number of carboxylic acids is 2. The van der Waals surface area contributed by atoms with E-state index in [2.05, 4.69) is 16.6 Å². The average molecular weight is 310 g/mol. The minimum absolute atomic E-state index is 0.177. The lowest BCUT2D eigenvalue weighted by Gasteiger charge is -2.12. The van der Waals surface area contributed by atoms with Crippen molar-refractivity contribution in [2.45, 2.75) is 18.9 Å². The Morgan fingerprint density at radius 1 is 1.33 bits per heavy atom. The summed E-state index contributed by atoms with van der Waals surface area (Å²) in [6.45, 7) is 0.317. The Balaban J connectivity index is 2.64. The largest absolute Gasteiger partial charge is 0.481 e. The van der Waals surface area contributed by atoms with Crippen LogP contribution in [0.1, 0.15) is 22.5 Å². The van der Waals surface area contributed by atoms with Gasteiger partial charge in [-0.05, 0) is 18.6 Å². The van der Waals surface area contributed by atoms with Gasteiger partial charge >= 0.3 is 11.9 Å². The fraction of sp³-hybridized carbons (Fsp3) is 0.308. The maximum absolute atomic E-state index is 11.9. The Labute approximate surface area is 125 Å². The summed E-state index contributed by atoms with van der Waals surface area (Å²) in [7, 11) is 0. The van der Waals surface area contributed by atoms with Crippen LogP contribution in [0.25, 0.3) is 0 Å². The van der Waals surface area contributed by atoms with Crippen molar-refractivity contribution in [2.75, 3.05) is 11.9 Å². The van der Waals surface area contributed by atoms with Gasteiger partial charge in [0.05, 0.1) is 16.4 Å². The van der Waals surface area contributed by atoms with Gasteiger partial charge in [-0.1, -0.05) is 5.92 Å². The van der Waals surface area contributed by atoms with Crippen LogP contribution in [0, 0.1) is 12.3 Å². The van der Waals surface area contributed by atoms with Gasteiger partial charge in [0.2, 0.25) is 0 Å². The average Bonchev–Trinajstić information content (AvgIpc) is 2.89. The number of carboxylic acid groups (broad SMARTS) is 2. The van der Waals surface area contributed by atoms with Crippen LogP contribution in [-0.4, -0.2) is 40.6 Å². The molecule has 1 atom stereocenters. The van der Waals surface area contributed by atoms with E-state index < -0.39 is 23.9 Å². The molecule has 1 amide bonds. The van der Waals surface area contributed by atoms with E-state index in [9.17, 15) is 14.4 Å². The fourth-order valence-electron chi connectivity index (χ4n) is 1.45. The van der Waals surface area contributed by atoms with Crippen molar-refractivity contribution in [3.8, 4) is 12.3 Å². The van der Waals surface area contributed by atoms with Crippen molar-refractivity contribution in [1.29, 1.82) is 0 Å².